The summed E-state index contributed by atoms with van der Waals surface area (Å²) in [6, 6.07) is 0. The highest BCUT2D eigenvalue weighted by Crippen LogP contribution is 2.45. The number of phosphoric ester groups is 2. The molecular formula is C76H148O17P2. The van der Waals surface area contributed by atoms with Crippen LogP contribution in [0.4, 0.5) is 0 Å². The number of rotatable bonds is 76. The third-order valence-corrected chi connectivity index (χ3v) is 20.0. The van der Waals surface area contributed by atoms with E-state index in [2.05, 4.69) is 34.6 Å². The highest BCUT2D eigenvalue weighted by molar-refractivity contribution is 7.47. The van der Waals surface area contributed by atoms with Gasteiger partial charge in [-0.15, -0.1) is 0 Å². The molecule has 3 unspecified atom stereocenters. The van der Waals surface area contributed by atoms with Gasteiger partial charge < -0.3 is 33.8 Å². The summed E-state index contributed by atoms with van der Waals surface area (Å²) in [5, 5.41) is 10.6. The van der Waals surface area contributed by atoms with Gasteiger partial charge in [-0.2, -0.15) is 0 Å². The number of aliphatic hydroxyl groups excluding tert-OH is 1. The van der Waals surface area contributed by atoms with Gasteiger partial charge in [0.2, 0.25) is 0 Å². The topological polar surface area (TPSA) is 237 Å². The van der Waals surface area contributed by atoms with Gasteiger partial charge in [0.05, 0.1) is 26.4 Å². The van der Waals surface area contributed by atoms with Crippen molar-refractivity contribution in [3.05, 3.63) is 0 Å². The quantitative estimate of drug-likeness (QED) is 0.0222. The SMILES string of the molecule is CCCCCCCCCCCCCCCCCCCCCCCC(=O)O[C@H](COC(=O)CCCCCCCCCCCCC(C)CC)COP(=O)(O)OC[C@@H](O)COP(=O)(O)OC[C@@H](COC(=O)CCCCCCCCC)OC(=O)CCCCCCCCCCCCCCC. The predicted molar refractivity (Wildman–Crippen MR) is 386 cm³/mol. The summed E-state index contributed by atoms with van der Waals surface area (Å²) in [7, 11) is -9.90. The maximum absolute atomic E-state index is 13.1. The zero-order chi connectivity index (χ0) is 69.8. The molecule has 0 aliphatic carbocycles. The van der Waals surface area contributed by atoms with Crippen molar-refractivity contribution >= 4 is 39.5 Å². The molecule has 0 fully saturated rings. The molecule has 0 saturated heterocycles. The van der Waals surface area contributed by atoms with E-state index in [1.54, 1.807) is 0 Å². The van der Waals surface area contributed by atoms with Crippen LogP contribution in [0.5, 0.6) is 0 Å². The van der Waals surface area contributed by atoms with Crippen molar-refractivity contribution in [2.75, 3.05) is 39.6 Å². The van der Waals surface area contributed by atoms with E-state index in [1.165, 1.54) is 212 Å². The summed E-state index contributed by atoms with van der Waals surface area (Å²) >= 11 is 0. The molecule has 0 aromatic rings. The Morgan fingerprint density at radius 1 is 0.295 bits per heavy atom. The molecule has 564 valence electrons. The van der Waals surface area contributed by atoms with Crippen LogP contribution in [0.2, 0.25) is 0 Å². The molecule has 6 atom stereocenters. The average Bonchev–Trinajstić information content (AvgIpc) is 1.25. The summed E-state index contributed by atoms with van der Waals surface area (Å²) in [6.07, 6.45) is 58.4. The molecule has 0 heterocycles. The van der Waals surface area contributed by atoms with E-state index in [0.29, 0.717) is 25.7 Å². The second-order valence-corrected chi connectivity index (χ2v) is 30.5. The summed E-state index contributed by atoms with van der Waals surface area (Å²) < 4.78 is 68.4. The van der Waals surface area contributed by atoms with E-state index in [0.717, 1.165) is 109 Å². The Morgan fingerprint density at radius 2 is 0.505 bits per heavy atom. The van der Waals surface area contributed by atoms with Gasteiger partial charge in [0.25, 0.3) is 0 Å². The van der Waals surface area contributed by atoms with Crippen molar-refractivity contribution in [1.29, 1.82) is 0 Å². The third kappa shape index (κ3) is 69.0. The van der Waals surface area contributed by atoms with Gasteiger partial charge in [0.15, 0.2) is 12.2 Å². The number of aliphatic hydroxyl groups is 1. The van der Waals surface area contributed by atoms with Crippen molar-refractivity contribution in [3.8, 4) is 0 Å². The number of esters is 4. The first-order chi connectivity index (χ1) is 46.1. The third-order valence-electron chi connectivity index (χ3n) is 18.1. The zero-order valence-electron chi connectivity index (χ0n) is 61.8. The van der Waals surface area contributed by atoms with E-state index in [9.17, 15) is 43.2 Å². The van der Waals surface area contributed by atoms with Crippen LogP contribution in [0.25, 0.3) is 0 Å². The number of carbonyl (C=O) groups is 4. The van der Waals surface area contributed by atoms with Crippen LogP contribution in [0, 0.1) is 5.92 Å². The average molecular weight is 1400 g/mol. The molecule has 3 N–H and O–H groups in total. The van der Waals surface area contributed by atoms with E-state index in [4.69, 9.17) is 37.0 Å². The minimum absolute atomic E-state index is 0.108. The molecule has 17 nitrogen and oxygen atoms in total. The van der Waals surface area contributed by atoms with Crippen LogP contribution in [0.15, 0.2) is 0 Å². The lowest BCUT2D eigenvalue weighted by atomic mass is 9.99. The number of phosphoric acid groups is 2. The number of ether oxygens (including phenoxy) is 4. The summed E-state index contributed by atoms with van der Waals surface area (Å²) in [5.74, 6) is -1.31. The molecule has 0 saturated carbocycles. The van der Waals surface area contributed by atoms with Crippen LogP contribution < -0.4 is 0 Å². The van der Waals surface area contributed by atoms with Crippen molar-refractivity contribution in [3.63, 3.8) is 0 Å². The molecule has 0 rings (SSSR count). The van der Waals surface area contributed by atoms with Crippen LogP contribution in [0.1, 0.15) is 401 Å². The normalized spacial score (nSPS) is 14.2. The molecule has 0 bridgehead atoms. The first kappa shape index (κ1) is 93.1. The highest BCUT2D eigenvalue weighted by Gasteiger charge is 2.30. The van der Waals surface area contributed by atoms with Gasteiger partial charge in [-0.1, -0.05) is 349 Å². The Morgan fingerprint density at radius 3 is 0.747 bits per heavy atom. The Kier molecular flexibility index (Phi) is 67.7. The molecule has 95 heavy (non-hydrogen) atoms. The Balaban J connectivity index is 5.17. The Hall–Kier alpha value is -1.94. The number of hydrogen-bond donors (Lipinski definition) is 3. The summed E-state index contributed by atoms with van der Waals surface area (Å²) in [4.78, 5) is 72.7. The van der Waals surface area contributed by atoms with Gasteiger partial charge in [-0.25, -0.2) is 9.13 Å². The monoisotopic (exact) mass is 1400 g/mol. The summed E-state index contributed by atoms with van der Waals surface area (Å²) in [6.45, 7) is 7.28. The maximum atomic E-state index is 13.1. The lowest BCUT2D eigenvalue weighted by Gasteiger charge is -2.21. The predicted octanol–water partition coefficient (Wildman–Crippen LogP) is 22.5. The molecule has 0 amide bonds. The maximum Gasteiger partial charge on any atom is 0.472 e. The molecule has 0 spiro atoms. The lowest BCUT2D eigenvalue weighted by molar-refractivity contribution is -0.161. The lowest BCUT2D eigenvalue weighted by Crippen LogP contribution is -2.30. The van der Waals surface area contributed by atoms with Gasteiger partial charge in [-0.05, 0) is 31.6 Å². The number of hydrogen-bond acceptors (Lipinski definition) is 15. The van der Waals surface area contributed by atoms with Gasteiger partial charge >= 0.3 is 39.5 Å². The Labute approximate surface area is 581 Å². The molecule has 0 radical (unpaired) electrons. The van der Waals surface area contributed by atoms with Gasteiger partial charge in [0.1, 0.15) is 19.3 Å². The smallest absolute Gasteiger partial charge is 0.462 e. The molecule has 0 aliphatic heterocycles. The van der Waals surface area contributed by atoms with Crippen molar-refractivity contribution in [1.82, 2.24) is 0 Å². The van der Waals surface area contributed by atoms with Crippen LogP contribution >= 0.6 is 15.6 Å². The Bertz CT molecular complexity index is 1820. The molecule has 0 aromatic heterocycles. The highest BCUT2D eigenvalue weighted by atomic mass is 31.2. The van der Waals surface area contributed by atoms with Crippen LogP contribution in [-0.2, 0) is 65.4 Å². The number of unbranched alkanes of at least 4 members (excludes halogenated alkanes) is 47. The summed E-state index contributed by atoms with van der Waals surface area (Å²) in [5.41, 5.74) is 0. The molecule has 0 aliphatic rings. The van der Waals surface area contributed by atoms with Crippen LogP contribution in [0.3, 0.4) is 0 Å². The van der Waals surface area contributed by atoms with Crippen molar-refractivity contribution < 1.29 is 80.2 Å². The van der Waals surface area contributed by atoms with E-state index in [-0.39, 0.29) is 25.7 Å². The molecular weight excluding hydrogens is 1250 g/mol. The fraction of sp³-hybridized carbons (Fsp3) is 0.947. The largest absolute Gasteiger partial charge is 0.472 e. The first-order valence-corrected chi connectivity index (χ1v) is 42.7. The molecule has 0 aromatic carbocycles. The fourth-order valence-electron chi connectivity index (χ4n) is 11.7. The molecule has 19 heteroatoms. The first-order valence-electron chi connectivity index (χ1n) is 39.7. The standard InChI is InChI=1S/C76H148O17P2/c1-6-10-13-16-19-21-23-25-26-27-28-29-30-31-32-34-36-42-47-52-57-62-76(81)93-72(66-87-74(79)60-55-50-45-40-38-37-39-44-48-53-58-69(5)9-4)68-91-95(84,85)89-64-70(77)63-88-94(82,83)90-67-71(65-86-73(78)59-54-49-43-18-15-12-8-3)92-75(80)61-56-51-46-41-35-33-24-22-20-17-14-11-7-2/h69-72,77H,6-68H2,1-5H3,(H,82,83)(H,84,85)/t69?,70-,71+,72+/m0/s1. The van der Waals surface area contributed by atoms with Crippen LogP contribution in [-0.4, -0.2) is 96.7 Å². The van der Waals surface area contributed by atoms with Crippen molar-refractivity contribution in [2.24, 2.45) is 5.92 Å². The second kappa shape index (κ2) is 69.2. The van der Waals surface area contributed by atoms with Gasteiger partial charge in [-0.3, -0.25) is 37.3 Å². The van der Waals surface area contributed by atoms with E-state index < -0.39 is 97.5 Å². The van der Waals surface area contributed by atoms with E-state index in [1.807, 2.05) is 0 Å². The number of carbonyl (C=O) groups excluding carboxylic acids is 4. The second-order valence-electron chi connectivity index (χ2n) is 27.6. The minimum Gasteiger partial charge on any atom is -0.462 e. The minimum atomic E-state index is -4.96. The van der Waals surface area contributed by atoms with Crippen molar-refractivity contribution in [2.45, 2.75) is 419 Å². The van der Waals surface area contributed by atoms with Gasteiger partial charge in [0, 0.05) is 25.7 Å². The van der Waals surface area contributed by atoms with E-state index >= 15 is 0 Å². The zero-order valence-corrected chi connectivity index (χ0v) is 63.6. The fourth-order valence-corrected chi connectivity index (χ4v) is 13.3.